The van der Waals surface area contributed by atoms with E-state index in [0.29, 0.717) is 0 Å². The maximum Gasteiger partial charge on any atom is 0.0301 e. The molecule has 0 amide bonds. The van der Waals surface area contributed by atoms with Crippen LogP contribution in [0.25, 0.3) is 5.57 Å². The molecule has 0 saturated carbocycles. The van der Waals surface area contributed by atoms with Crippen LogP contribution in [-0.2, 0) is 5.41 Å². The molecule has 26 heavy (non-hydrogen) atoms. The number of allylic oxidation sites excluding steroid dienone is 10. The Morgan fingerprint density at radius 2 is 1.50 bits per heavy atom. The van der Waals surface area contributed by atoms with E-state index in [2.05, 4.69) is 99.0 Å². The van der Waals surface area contributed by atoms with Gasteiger partial charge in [0.15, 0.2) is 0 Å². The summed E-state index contributed by atoms with van der Waals surface area (Å²) in [5.74, 6) is 0. The Labute approximate surface area is 156 Å². The van der Waals surface area contributed by atoms with Crippen LogP contribution in [0.3, 0.4) is 0 Å². The highest BCUT2D eigenvalue weighted by Gasteiger charge is 2.24. The van der Waals surface area contributed by atoms with E-state index in [9.17, 15) is 0 Å². The van der Waals surface area contributed by atoms with E-state index in [1.165, 1.54) is 16.7 Å². The predicted octanol–water partition coefficient (Wildman–Crippen LogP) is 6.82. The Kier molecular flexibility index (Phi) is 5.34. The quantitative estimate of drug-likeness (QED) is 0.525. The fourth-order valence-electron chi connectivity index (χ4n) is 3.33. The fourth-order valence-corrected chi connectivity index (χ4v) is 3.33. The van der Waals surface area contributed by atoms with E-state index in [4.69, 9.17) is 0 Å². The molecule has 0 bridgehead atoms. The van der Waals surface area contributed by atoms with Crippen LogP contribution < -0.4 is 0 Å². The van der Waals surface area contributed by atoms with Crippen LogP contribution in [0.4, 0.5) is 0 Å². The van der Waals surface area contributed by atoms with Gasteiger partial charge < -0.3 is 0 Å². The smallest absolute Gasteiger partial charge is 0.0301 e. The van der Waals surface area contributed by atoms with Crippen molar-refractivity contribution in [1.29, 1.82) is 0 Å². The third-order valence-corrected chi connectivity index (χ3v) is 4.71. The van der Waals surface area contributed by atoms with Crippen molar-refractivity contribution in [2.75, 3.05) is 0 Å². The number of rotatable bonds is 5. The third kappa shape index (κ3) is 3.75. The van der Waals surface area contributed by atoms with Gasteiger partial charge in [0.25, 0.3) is 0 Å². The van der Waals surface area contributed by atoms with Crippen LogP contribution in [-0.4, -0.2) is 0 Å². The first-order valence-corrected chi connectivity index (χ1v) is 8.86. The summed E-state index contributed by atoms with van der Waals surface area (Å²) >= 11 is 0. The van der Waals surface area contributed by atoms with Crippen LogP contribution >= 0.6 is 0 Å². The van der Waals surface area contributed by atoms with E-state index in [1.54, 1.807) is 0 Å². The second kappa shape index (κ2) is 7.84. The maximum atomic E-state index is 3.98. The first-order chi connectivity index (χ1) is 12.7. The Morgan fingerprint density at radius 1 is 0.846 bits per heavy atom. The van der Waals surface area contributed by atoms with Gasteiger partial charge in [-0.1, -0.05) is 116 Å². The van der Waals surface area contributed by atoms with Gasteiger partial charge in [0.05, 0.1) is 0 Å². The SMILES string of the molecule is C=C/C=C(\C=C)C1=CC(C)(c2ccccc2)C=C(c2ccccc2)C=C1. The molecule has 0 spiro atoms. The van der Waals surface area contributed by atoms with Crippen molar-refractivity contribution in [3.8, 4) is 0 Å². The average molecular weight is 336 g/mol. The van der Waals surface area contributed by atoms with Crippen molar-refractivity contribution in [3.63, 3.8) is 0 Å². The molecule has 0 nitrogen and oxygen atoms in total. The van der Waals surface area contributed by atoms with E-state index in [1.807, 2.05) is 24.3 Å². The highest BCUT2D eigenvalue weighted by molar-refractivity contribution is 5.78. The van der Waals surface area contributed by atoms with Crippen LogP contribution in [0.15, 0.2) is 127 Å². The van der Waals surface area contributed by atoms with Crippen LogP contribution in [0.5, 0.6) is 0 Å². The normalized spacial score (nSPS) is 20.0. The first-order valence-electron chi connectivity index (χ1n) is 8.86. The predicted molar refractivity (Wildman–Crippen MR) is 114 cm³/mol. The van der Waals surface area contributed by atoms with Gasteiger partial charge in [-0.2, -0.15) is 0 Å². The molecule has 0 N–H and O–H groups in total. The second-order valence-corrected chi connectivity index (χ2v) is 6.61. The summed E-state index contributed by atoms with van der Waals surface area (Å²) in [6.45, 7) is 10.1. The summed E-state index contributed by atoms with van der Waals surface area (Å²) in [7, 11) is 0. The summed E-state index contributed by atoms with van der Waals surface area (Å²) in [6, 6.07) is 21.1. The van der Waals surface area contributed by atoms with E-state index in [-0.39, 0.29) is 5.41 Å². The summed E-state index contributed by atoms with van der Waals surface area (Å²) in [4.78, 5) is 0. The summed E-state index contributed by atoms with van der Waals surface area (Å²) in [6.07, 6.45) is 14.7. The largest absolute Gasteiger partial charge is 0.0990 e. The van der Waals surface area contributed by atoms with Gasteiger partial charge in [0.1, 0.15) is 0 Å². The molecule has 128 valence electrons. The zero-order valence-electron chi connectivity index (χ0n) is 15.2. The van der Waals surface area contributed by atoms with Crippen molar-refractivity contribution in [1.82, 2.24) is 0 Å². The number of hydrogen-bond donors (Lipinski definition) is 0. The molecule has 1 aliphatic rings. The van der Waals surface area contributed by atoms with Crippen molar-refractivity contribution in [3.05, 3.63) is 139 Å². The van der Waals surface area contributed by atoms with Crippen molar-refractivity contribution in [2.24, 2.45) is 0 Å². The van der Waals surface area contributed by atoms with Crippen LogP contribution in [0.1, 0.15) is 18.1 Å². The fraction of sp³-hybridized carbons (Fsp3) is 0.0769. The van der Waals surface area contributed by atoms with Crippen LogP contribution in [0.2, 0.25) is 0 Å². The highest BCUT2D eigenvalue weighted by atomic mass is 14.3. The Morgan fingerprint density at radius 3 is 2.12 bits per heavy atom. The summed E-state index contributed by atoms with van der Waals surface area (Å²) in [5.41, 5.74) is 5.68. The molecule has 0 heteroatoms. The van der Waals surface area contributed by atoms with Gasteiger partial charge in [0, 0.05) is 5.41 Å². The number of hydrogen-bond acceptors (Lipinski definition) is 0. The molecular weight excluding hydrogens is 312 g/mol. The van der Waals surface area contributed by atoms with Crippen LogP contribution in [0, 0.1) is 0 Å². The average Bonchev–Trinajstić information content (AvgIpc) is 2.87. The Balaban J connectivity index is 2.20. The van der Waals surface area contributed by atoms with Crippen molar-refractivity contribution in [2.45, 2.75) is 12.3 Å². The van der Waals surface area contributed by atoms with Crippen molar-refractivity contribution < 1.29 is 0 Å². The third-order valence-electron chi connectivity index (χ3n) is 4.71. The molecule has 3 rings (SSSR count). The standard InChI is InChI=1S/C26H24/c1-4-12-21(5-2)23-17-18-24(22-13-8-6-9-14-22)20-26(3,19-23)25-15-10-7-11-16-25/h4-20H,1-2H2,3H3/b21-12+. The van der Waals surface area contributed by atoms with E-state index in [0.717, 1.165) is 11.1 Å². The summed E-state index contributed by atoms with van der Waals surface area (Å²) < 4.78 is 0. The Hall–Kier alpha value is -3.12. The topological polar surface area (TPSA) is 0 Å². The minimum Gasteiger partial charge on any atom is -0.0990 e. The monoisotopic (exact) mass is 336 g/mol. The highest BCUT2D eigenvalue weighted by Crippen LogP contribution is 2.36. The summed E-state index contributed by atoms with van der Waals surface area (Å²) in [5, 5.41) is 0. The van der Waals surface area contributed by atoms with Gasteiger partial charge in [-0.05, 0) is 34.8 Å². The molecule has 0 aromatic heterocycles. The molecule has 0 saturated heterocycles. The first kappa shape index (κ1) is 17.7. The zero-order valence-corrected chi connectivity index (χ0v) is 15.2. The molecule has 1 atom stereocenters. The molecule has 0 heterocycles. The molecule has 2 aromatic rings. The lowest BCUT2D eigenvalue weighted by molar-refractivity contribution is 0.757. The molecule has 0 aliphatic heterocycles. The van der Waals surface area contributed by atoms with Gasteiger partial charge in [-0.15, -0.1) is 0 Å². The minimum atomic E-state index is -0.228. The van der Waals surface area contributed by atoms with Gasteiger partial charge in [-0.3, -0.25) is 0 Å². The lowest BCUT2D eigenvalue weighted by Gasteiger charge is -2.24. The maximum absolute atomic E-state index is 3.98. The zero-order chi connectivity index (χ0) is 18.4. The Bertz CT molecular complexity index is 905. The lowest BCUT2D eigenvalue weighted by Crippen LogP contribution is -2.16. The van der Waals surface area contributed by atoms with Crippen molar-refractivity contribution >= 4 is 5.57 Å². The molecule has 2 aromatic carbocycles. The molecule has 0 radical (unpaired) electrons. The van der Waals surface area contributed by atoms with Gasteiger partial charge >= 0.3 is 0 Å². The van der Waals surface area contributed by atoms with E-state index >= 15 is 0 Å². The molecule has 0 fully saturated rings. The molecular formula is C26H24. The second-order valence-electron chi connectivity index (χ2n) is 6.61. The lowest BCUT2D eigenvalue weighted by atomic mass is 9.79. The molecule has 1 unspecified atom stereocenters. The van der Waals surface area contributed by atoms with E-state index < -0.39 is 0 Å². The number of benzene rings is 2. The van der Waals surface area contributed by atoms with Gasteiger partial charge in [0.2, 0.25) is 0 Å². The minimum absolute atomic E-state index is 0.228. The molecule has 1 aliphatic carbocycles. The van der Waals surface area contributed by atoms with Gasteiger partial charge in [-0.25, -0.2) is 0 Å².